The largest absolute Gasteiger partial charge is 0.481 e. The van der Waals surface area contributed by atoms with Crippen LogP contribution in [0.4, 0.5) is 0 Å². The summed E-state index contributed by atoms with van der Waals surface area (Å²) in [6, 6.07) is -5.01. The van der Waals surface area contributed by atoms with Crippen molar-refractivity contribution >= 4 is 29.7 Å². The third-order valence-electron chi connectivity index (χ3n) is 5.18. The lowest BCUT2D eigenvalue weighted by Crippen LogP contribution is -2.59. The molecular weight excluding hydrogens is 426 g/mol. The summed E-state index contributed by atoms with van der Waals surface area (Å²) in [4.78, 5) is 61.2. The Morgan fingerprint density at radius 1 is 1.09 bits per heavy atom. The molecule has 0 spiro atoms. The zero-order valence-electron chi connectivity index (χ0n) is 18.0. The second-order valence-corrected chi connectivity index (χ2v) is 7.80. The van der Waals surface area contributed by atoms with Crippen molar-refractivity contribution in [2.45, 2.75) is 75.7 Å². The third-order valence-corrected chi connectivity index (χ3v) is 5.18. The summed E-state index contributed by atoms with van der Waals surface area (Å²) >= 11 is 0. The first-order valence-corrected chi connectivity index (χ1v) is 10.5. The fourth-order valence-electron chi connectivity index (χ4n) is 3.43. The standard InChI is InChI=1S/C19H33N5O8/c1-10(25)15(18(30)24-8-4-6-13(24)19(31)32)23-17(29)12(5-2-3-7-20)22-16(28)11(21)9-14(26)27/h10-13,15,25H,2-9,20-21H2,1H3,(H,22,28)(H,23,29)(H,26,27)(H,31,32). The summed E-state index contributed by atoms with van der Waals surface area (Å²) < 4.78 is 0. The molecule has 5 unspecified atom stereocenters. The van der Waals surface area contributed by atoms with Gasteiger partial charge in [0.1, 0.15) is 18.1 Å². The van der Waals surface area contributed by atoms with Crippen molar-refractivity contribution in [3.63, 3.8) is 0 Å². The zero-order valence-corrected chi connectivity index (χ0v) is 18.0. The number of carbonyl (C=O) groups is 5. The van der Waals surface area contributed by atoms with Gasteiger partial charge in [0, 0.05) is 6.54 Å². The fraction of sp³-hybridized carbons (Fsp3) is 0.737. The molecule has 0 aromatic carbocycles. The van der Waals surface area contributed by atoms with E-state index in [0.29, 0.717) is 25.8 Å². The number of aliphatic carboxylic acids is 2. The van der Waals surface area contributed by atoms with Crippen LogP contribution in [0, 0.1) is 0 Å². The number of carbonyl (C=O) groups excluding carboxylic acids is 3. The van der Waals surface area contributed by atoms with Gasteiger partial charge in [-0.3, -0.25) is 19.2 Å². The number of carboxylic acids is 2. The summed E-state index contributed by atoms with van der Waals surface area (Å²) in [5.74, 6) is -4.84. The number of aliphatic hydroxyl groups excluding tert-OH is 1. The Kier molecular flexibility index (Phi) is 11.0. The first kappa shape index (κ1) is 27.3. The number of aliphatic hydroxyl groups is 1. The minimum atomic E-state index is -1.43. The number of nitrogens with one attached hydrogen (secondary N) is 2. The van der Waals surface area contributed by atoms with Crippen molar-refractivity contribution in [2.75, 3.05) is 13.1 Å². The number of unbranched alkanes of at least 4 members (excludes halogenated alkanes) is 1. The molecule has 1 rings (SSSR count). The number of nitrogens with zero attached hydrogens (tertiary/aromatic N) is 1. The van der Waals surface area contributed by atoms with Crippen molar-refractivity contribution in [1.82, 2.24) is 15.5 Å². The molecule has 5 atom stereocenters. The molecule has 0 radical (unpaired) electrons. The van der Waals surface area contributed by atoms with Crippen LogP contribution >= 0.6 is 0 Å². The lowest BCUT2D eigenvalue weighted by atomic mass is 10.0. The van der Waals surface area contributed by atoms with Crippen LogP contribution in [-0.4, -0.2) is 93.2 Å². The molecule has 182 valence electrons. The maximum absolute atomic E-state index is 12.9. The summed E-state index contributed by atoms with van der Waals surface area (Å²) in [5.41, 5.74) is 11.0. The van der Waals surface area contributed by atoms with Crippen LogP contribution in [0.3, 0.4) is 0 Å². The number of likely N-dealkylation sites (tertiary alicyclic amines) is 1. The zero-order chi connectivity index (χ0) is 24.4. The summed E-state index contributed by atoms with van der Waals surface area (Å²) in [6.07, 6.45) is -0.100. The lowest BCUT2D eigenvalue weighted by Gasteiger charge is -2.30. The lowest BCUT2D eigenvalue weighted by molar-refractivity contribution is -0.150. The third kappa shape index (κ3) is 8.05. The fourth-order valence-corrected chi connectivity index (χ4v) is 3.43. The first-order valence-electron chi connectivity index (χ1n) is 10.5. The Balaban J connectivity index is 2.95. The predicted octanol–water partition coefficient (Wildman–Crippen LogP) is -2.66. The number of amides is 3. The Bertz CT molecular complexity index is 701. The van der Waals surface area contributed by atoms with Gasteiger partial charge in [-0.2, -0.15) is 0 Å². The normalized spacial score (nSPS) is 19.5. The molecule has 1 aliphatic heterocycles. The van der Waals surface area contributed by atoms with Crippen LogP contribution in [0.1, 0.15) is 45.4 Å². The predicted molar refractivity (Wildman–Crippen MR) is 111 cm³/mol. The minimum Gasteiger partial charge on any atom is -0.481 e. The Labute approximate surface area is 185 Å². The van der Waals surface area contributed by atoms with Crippen molar-refractivity contribution in [3.05, 3.63) is 0 Å². The van der Waals surface area contributed by atoms with Crippen LogP contribution in [0.2, 0.25) is 0 Å². The molecule has 13 heteroatoms. The van der Waals surface area contributed by atoms with E-state index in [9.17, 15) is 34.2 Å². The number of nitrogens with two attached hydrogens (primary N) is 2. The quantitative estimate of drug-likeness (QED) is 0.141. The van der Waals surface area contributed by atoms with Gasteiger partial charge in [-0.25, -0.2) is 4.79 Å². The van der Waals surface area contributed by atoms with Gasteiger partial charge in [0.25, 0.3) is 0 Å². The molecule has 1 heterocycles. The van der Waals surface area contributed by atoms with Gasteiger partial charge in [-0.15, -0.1) is 0 Å². The van der Waals surface area contributed by atoms with Crippen LogP contribution in [0.15, 0.2) is 0 Å². The molecule has 0 bridgehead atoms. The Morgan fingerprint density at radius 3 is 2.28 bits per heavy atom. The highest BCUT2D eigenvalue weighted by molar-refractivity contribution is 5.95. The molecular formula is C19H33N5O8. The van der Waals surface area contributed by atoms with E-state index in [4.69, 9.17) is 16.6 Å². The van der Waals surface area contributed by atoms with Gasteiger partial charge in [0.2, 0.25) is 17.7 Å². The van der Waals surface area contributed by atoms with Crippen LogP contribution < -0.4 is 22.1 Å². The van der Waals surface area contributed by atoms with E-state index >= 15 is 0 Å². The van der Waals surface area contributed by atoms with Crippen LogP contribution in [0.5, 0.6) is 0 Å². The Morgan fingerprint density at radius 2 is 1.75 bits per heavy atom. The molecule has 0 saturated carbocycles. The molecule has 1 aliphatic rings. The highest BCUT2D eigenvalue weighted by Crippen LogP contribution is 2.19. The minimum absolute atomic E-state index is 0.136. The molecule has 0 aromatic heterocycles. The average Bonchev–Trinajstić information content (AvgIpc) is 3.20. The topological polar surface area (TPSA) is 225 Å². The molecule has 9 N–H and O–H groups in total. The highest BCUT2D eigenvalue weighted by atomic mass is 16.4. The molecule has 3 amide bonds. The second-order valence-electron chi connectivity index (χ2n) is 7.80. The van der Waals surface area contributed by atoms with Crippen LogP contribution in [0.25, 0.3) is 0 Å². The maximum Gasteiger partial charge on any atom is 0.326 e. The number of rotatable bonds is 13. The summed E-state index contributed by atoms with van der Waals surface area (Å²) in [6.45, 7) is 1.80. The SMILES string of the molecule is CC(O)C(NC(=O)C(CCCCN)NC(=O)C(N)CC(=O)O)C(=O)N1CCCC1C(=O)O. The van der Waals surface area contributed by atoms with Crippen molar-refractivity contribution in [3.8, 4) is 0 Å². The monoisotopic (exact) mass is 459 g/mol. The molecule has 0 aliphatic carbocycles. The van der Waals surface area contributed by atoms with E-state index in [0.717, 1.165) is 4.90 Å². The molecule has 1 saturated heterocycles. The Hall–Kier alpha value is -2.77. The van der Waals surface area contributed by atoms with E-state index < -0.39 is 66.4 Å². The van der Waals surface area contributed by atoms with Gasteiger partial charge >= 0.3 is 11.9 Å². The van der Waals surface area contributed by atoms with Crippen molar-refractivity contribution in [2.24, 2.45) is 11.5 Å². The van der Waals surface area contributed by atoms with E-state index in [-0.39, 0.29) is 19.4 Å². The maximum atomic E-state index is 12.9. The highest BCUT2D eigenvalue weighted by Gasteiger charge is 2.40. The van der Waals surface area contributed by atoms with Gasteiger partial charge in [-0.05, 0) is 45.6 Å². The molecule has 0 aromatic rings. The average molecular weight is 460 g/mol. The summed E-state index contributed by atoms with van der Waals surface area (Å²) in [7, 11) is 0. The van der Waals surface area contributed by atoms with Gasteiger partial charge in [-0.1, -0.05) is 0 Å². The first-order chi connectivity index (χ1) is 15.0. The van der Waals surface area contributed by atoms with Gasteiger partial charge < -0.3 is 42.3 Å². The van der Waals surface area contributed by atoms with E-state index in [1.54, 1.807) is 0 Å². The van der Waals surface area contributed by atoms with E-state index in [1.165, 1.54) is 6.92 Å². The van der Waals surface area contributed by atoms with E-state index in [1.807, 2.05) is 0 Å². The summed E-state index contributed by atoms with van der Waals surface area (Å²) in [5, 5.41) is 32.9. The van der Waals surface area contributed by atoms with Crippen molar-refractivity contribution < 1.29 is 39.3 Å². The second kappa shape index (κ2) is 12.9. The van der Waals surface area contributed by atoms with Gasteiger partial charge in [0.15, 0.2) is 0 Å². The molecule has 13 nitrogen and oxygen atoms in total. The smallest absolute Gasteiger partial charge is 0.326 e. The number of hydrogen-bond acceptors (Lipinski definition) is 8. The van der Waals surface area contributed by atoms with Crippen LogP contribution in [-0.2, 0) is 24.0 Å². The molecule has 32 heavy (non-hydrogen) atoms. The number of carboxylic acid groups (broad SMARTS) is 2. The van der Waals surface area contributed by atoms with Gasteiger partial charge in [0.05, 0.1) is 18.6 Å². The van der Waals surface area contributed by atoms with Crippen molar-refractivity contribution in [1.29, 1.82) is 0 Å². The molecule has 1 fully saturated rings. The van der Waals surface area contributed by atoms with E-state index in [2.05, 4.69) is 10.6 Å². The number of hydrogen-bond donors (Lipinski definition) is 7.